The zero-order valence-corrected chi connectivity index (χ0v) is 11.8. The third-order valence-corrected chi connectivity index (χ3v) is 2.84. The molecule has 6 nitrogen and oxygen atoms in total. The van der Waals surface area contributed by atoms with E-state index in [1.54, 1.807) is 0 Å². The van der Waals surface area contributed by atoms with E-state index >= 15 is 0 Å². The van der Waals surface area contributed by atoms with Crippen molar-refractivity contribution in [3.05, 3.63) is 63.4 Å². The predicted octanol–water partition coefficient (Wildman–Crippen LogP) is 3.40. The Hall–Kier alpha value is -2.67. The van der Waals surface area contributed by atoms with Gasteiger partial charge in [-0.1, -0.05) is 11.6 Å². The lowest BCUT2D eigenvalue weighted by molar-refractivity contribution is -0.385. The number of halogens is 2. The van der Waals surface area contributed by atoms with Crippen molar-refractivity contribution in [2.45, 2.75) is 0 Å². The molecule has 0 fully saturated rings. The number of hydrogen-bond acceptors (Lipinski definition) is 4. The third-order valence-electron chi connectivity index (χ3n) is 2.60. The first-order valence-electron chi connectivity index (χ1n) is 6.08. The fourth-order valence-electron chi connectivity index (χ4n) is 1.63. The van der Waals surface area contributed by atoms with Gasteiger partial charge in [-0.15, -0.1) is 0 Å². The Balaban J connectivity index is 1.99. The molecule has 0 spiro atoms. The summed E-state index contributed by atoms with van der Waals surface area (Å²) in [7, 11) is 0. The summed E-state index contributed by atoms with van der Waals surface area (Å²) in [6.45, 7) is -0.431. The van der Waals surface area contributed by atoms with E-state index in [-0.39, 0.29) is 16.5 Å². The maximum Gasteiger partial charge on any atom is 0.312 e. The maximum atomic E-state index is 12.7. The highest BCUT2D eigenvalue weighted by Gasteiger charge is 2.16. The van der Waals surface area contributed by atoms with Gasteiger partial charge in [0.05, 0.1) is 4.92 Å². The van der Waals surface area contributed by atoms with E-state index in [9.17, 15) is 19.3 Å². The van der Waals surface area contributed by atoms with Crippen molar-refractivity contribution in [1.29, 1.82) is 0 Å². The van der Waals surface area contributed by atoms with E-state index in [1.165, 1.54) is 36.4 Å². The fraction of sp³-hybridized carbons (Fsp3) is 0.0714. The Morgan fingerprint density at radius 2 is 1.95 bits per heavy atom. The predicted molar refractivity (Wildman–Crippen MR) is 78.6 cm³/mol. The molecular weight excluding hydrogens is 315 g/mol. The molecule has 1 N–H and O–H groups in total. The van der Waals surface area contributed by atoms with Gasteiger partial charge in [-0.2, -0.15) is 0 Å². The highest BCUT2D eigenvalue weighted by molar-refractivity contribution is 6.30. The van der Waals surface area contributed by atoms with Crippen LogP contribution in [0.3, 0.4) is 0 Å². The van der Waals surface area contributed by atoms with Crippen molar-refractivity contribution in [2.24, 2.45) is 0 Å². The maximum absolute atomic E-state index is 12.7. The molecule has 2 aromatic carbocycles. The summed E-state index contributed by atoms with van der Waals surface area (Å²) in [5.74, 6) is -1.02. The summed E-state index contributed by atoms with van der Waals surface area (Å²) in [5, 5.41) is 13.5. The molecular formula is C14H10ClFN2O4. The molecule has 0 unspecified atom stereocenters. The molecule has 0 aliphatic heterocycles. The van der Waals surface area contributed by atoms with Crippen LogP contribution in [0, 0.1) is 15.9 Å². The van der Waals surface area contributed by atoms with Crippen LogP contribution < -0.4 is 10.1 Å². The number of anilines is 1. The van der Waals surface area contributed by atoms with Crippen LogP contribution in [0.15, 0.2) is 42.5 Å². The zero-order valence-electron chi connectivity index (χ0n) is 11.1. The van der Waals surface area contributed by atoms with E-state index in [0.717, 1.165) is 6.07 Å². The van der Waals surface area contributed by atoms with Gasteiger partial charge in [0.2, 0.25) is 0 Å². The fourth-order valence-corrected chi connectivity index (χ4v) is 1.80. The van der Waals surface area contributed by atoms with Gasteiger partial charge >= 0.3 is 5.69 Å². The largest absolute Gasteiger partial charge is 0.477 e. The van der Waals surface area contributed by atoms with Crippen LogP contribution in [0.1, 0.15) is 0 Å². The van der Waals surface area contributed by atoms with Crippen LogP contribution in [-0.2, 0) is 4.79 Å². The van der Waals surface area contributed by atoms with Gasteiger partial charge in [-0.05, 0) is 36.4 Å². The first kappa shape index (κ1) is 15.7. The van der Waals surface area contributed by atoms with Crippen molar-refractivity contribution in [3.63, 3.8) is 0 Å². The standard InChI is InChI=1S/C14H10ClFN2O4/c15-9-1-6-13(12(7-9)18(20)21)22-8-14(19)17-11-4-2-10(16)3-5-11/h1-7H,8H2,(H,17,19). The lowest BCUT2D eigenvalue weighted by Crippen LogP contribution is -2.20. The molecule has 114 valence electrons. The highest BCUT2D eigenvalue weighted by atomic mass is 35.5. The van der Waals surface area contributed by atoms with Crippen molar-refractivity contribution in [2.75, 3.05) is 11.9 Å². The third kappa shape index (κ3) is 4.16. The van der Waals surface area contributed by atoms with E-state index in [4.69, 9.17) is 16.3 Å². The van der Waals surface area contributed by atoms with Crippen LogP contribution in [0.25, 0.3) is 0 Å². The molecule has 0 radical (unpaired) electrons. The molecule has 1 amide bonds. The first-order valence-corrected chi connectivity index (χ1v) is 6.45. The molecule has 2 rings (SSSR count). The molecule has 22 heavy (non-hydrogen) atoms. The first-order chi connectivity index (χ1) is 10.5. The monoisotopic (exact) mass is 324 g/mol. The topological polar surface area (TPSA) is 81.5 Å². The second-order valence-corrected chi connectivity index (χ2v) is 4.65. The Morgan fingerprint density at radius 3 is 2.59 bits per heavy atom. The SMILES string of the molecule is O=C(COc1ccc(Cl)cc1[N+](=O)[O-])Nc1ccc(F)cc1. The summed E-state index contributed by atoms with van der Waals surface area (Å²) in [5.41, 5.74) is 0.0580. The number of ether oxygens (including phenoxy) is 1. The van der Waals surface area contributed by atoms with Gasteiger partial charge in [0.15, 0.2) is 12.4 Å². The molecule has 0 saturated heterocycles. The van der Waals surface area contributed by atoms with Gasteiger partial charge in [0.1, 0.15) is 5.82 Å². The quantitative estimate of drug-likeness (QED) is 0.675. The van der Waals surface area contributed by atoms with Crippen LogP contribution in [0.4, 0.5) is 15.8 Å². The average Bonchev–Trinajstić information content (AvgIpc) is 2.48. The van der Waals surface area contributed by atoms with E-state index < -0.39 is 23.3 Å². The van der Waals surface area contributed by atoms with Crippen LogP contribution in [-0.4, -0.2) is 17.4 Å². The van der Waals surface area contributed by atoms with Gasteiger partial charge < -0.3 is 10.1 Å². The van der Waals surface area contributed by atoms with Crippen molar-refractivity contribution < 1.29 is 18.8 Å². The summed E-state index contributed by atoms with van der Waals surface area (Å²) in [4.78, 5) is 21.9. The molecule has 0 bridgehead atoms. The molecule has 0 atom stereocenters. The molecule has 0 heterocycles. The molecule has 0 aromatic heterocycles. The Labute approximate surface area is 129 Å². The number of benzene rings is 2. The number of nitro groups is 1. The number of nitrogens with zero attached hydrogens (tertiary/aromatic N) is 1. The number of carbonyl (C=O) groups excluding carboxylic acids is 1. The zero-order chi connectivity index (χ0) is 16.1. The second-order valence-electron chi connectivity index (χ2n) is 4.21. The molecule has 0 saturated carbocycles. The second kappa shape index (κ2) is 6.86. The summed E-state index contributed by atoms with van der Waals surface area (Å²) >= 11 is 5.67. The number of nitro benzene ring substituents is 1. The number of rotatable bonds is 5. The number of hydrogen-bond donors (Lipinski definition) is 1. The highest BCUT2D eigenvalue weighted by Crippen LogP contribution is 2.29. The summed E-state index contributed by atoms with van der Waals surface area (Å²) in [6.07, 6.45) is 0. The smallest absolute Gasteiger partial charge is 0.312 e. The number of nitrogens with one attached hydrogen (secondary N) is 1. The summed E-state index contributed by atoms with van der Waals surface area (Å²) in [6, 6.07) is 9.03. The Morgan fingerprint density at radius 1 is 1.27 bits per heavy atom. The minimum absolute atomic E-state index is 0.0661. The minimum atomic E-state index is -0.654. The normalized spacial score (nSPS) is 10.1. The van der Waals surface area contributed by atoms with Crippen molar-refractivity contribution >= 4 is 28.9 Å². The Bertz CT molecular complexity index is 706. The number of amides is 1. The minimum Gasteiger partial charge on any atom is -0.477 e. The molecule has 2 aromatic rings. The molecule has 0 aliphatic rings. The average molecular weight is 325 g/mol. The van der Waals surface area contributed by atoms with Gasteiger partial charge in [-0.3, -0.25) is 14.9 Å². The van der Waals surface area contributed by atoms with Crippen LogP contribution in [0.5, 0.6) is 5.75 Å². The Kier molecular flexibility index (Phi) is 4.90. The molecule has 8 heteroatoms. The summed E-state index contributed by atoms with van der Waals surface area (Å²) < 4.78 is 17.9. The van der Waals surface area contributed by atoms with Gasteiger partial charge in [0.25, 0.3) is 5.91 Å². The lowest BCUT2D eigenvalue weighted by Gasteiger charge is -2.08. The van der Waals surface area contributed by atoms with Gasteiger partial charge in [0, 0.05) is 16.8 Å². The van der Waals surface area contributed by atoms with Crippen LogP contribution in [0.2, 0.25) is 5.02 Å². The van der Waals surface area contributed by atoms with E-state index in [2.05, 4.69) is 5.32 Å². The van der Waals surface area contributed by atoms with Gasteiger partial charge in [-0.25, -0.2) is 4.39 Å². The van der Waals surface area contributed by atoms with Crippen LogP contribution >= 0.6 is 11.6 Å². The van der Waals surface area contributed by atoms with E-state index in [1.807, 2.05) is 0 Å². The van der Waals surface area contributed by atoms with Crippen molar-refractivity contribution in [3.8, 4) is 5.75 Å². The molecule has 0 aliphatic carbocycles. The van der Waals surface area contributed by atoms with Crippen molar-refractivity contribution in [1.82, 2.24) is 0 Å². The van der Waals surface area contributed by atoms with E-state index in [0.29, 0.717) is 5.69 Å². The lowest BCUT2D eigenvalue weighted by atomic mass is 10.3. The number of carbonyl (C=O) groups is 1.